The Morgan fingerprint density at radius 2 is 1.84 bits per heavy atom. The van der Waals surface area contributed by atoms with Crippen molar-refractivity contribution in [2.45, 2.75) is 27.2 Å². The lowest BCUT2D eigenvalue weighted by atomic mass is 10.1. The molecule has 2 N–H and O–H groups in total. The number of nitrogens with one attached hydrogen (secondary N) is 2. The molecule has 2 aromatic rings. The van der Waals surface area contributed by atoms with Crippen molar-refractivity contribution in [3.05, 3.63) is 63.8 Å². The monoisotopic (exact) mass is 498 g/mol. The lowest BCUT2D eigenvalue weighted by Gasteiger charge is -2.22. The van der Waals surface area contributed by atoms with E-state index in [0.29, 0.717) is 5.69 Å². The second-order valence-electron chi connectivity index (χ2n) is 7.32. The summed E-state index contributed by atoms with van der Waals surface area (Å²) in [6.07, 6.45) is 2.37. The Hall–Kier alpha value is -3.13. The lowest BCUT2D eigenvalue weighted by Crippen LogP contribution is -2.38. The quantitative estimate of drug-likeness (QED) is 0.417. The standard InChI is InChI=1S/C24H27BrN4O3/c1-4-17-9-7-8-10-19(17)26-22(30)15-29-23(31)20(27-24(29)32)14-16-11-12-21(18(25)13-16)28(5-2)6-3/h7-14H,4-6,15H2,1-3H3,(H,26,30)(H,27,32)/b20-14+. The number of rotatable bonds is 8. The van der Waals surface area contributed by atoms with Crippen LogP contribution in [0, 0.1) is 0 Å². The number of carbonyl (C=O) groups excluding carboxylic acids is 3. The molecule has 0 aromatic heterocycles. The number of carbonyl (C=O) groups is 3. The molecular formula is C24H27BrN4O3. The predicted molar refractivity (Wildman–Crippen MR) is 130 cm³/mol. The number of para-hydroxylation sites is 1. The van der Waals surface area contributed by atoms with Gasteiger partial charge < -0.3 is 15.5 Å². The van der Waals surface area contributed by atoms with Gasteiger partial charge in [-0.05, 0) is 71.6 Å². The molecule has 0 radical (unpaired) electrons. The predicted octanol–water partition coefficient (Wildman–Crippen LogP) is 4.39. The third-order valence-corrected chi connectivity index (χ3v) is 5.96. The molecule has 1 heterocycles. The molecule has 168 valence electrons. The van der Waals surface area contributed by atoms with Crippen LogP contribution in [0.2, 0.25) is 0 Å². The summed E-state index contributed by atoms with van der Waals surface area (Å²) in [4.78, 5) is 40.7. The van der Waals surface area contributed by atoms with Crippen LogP contribution in [-0.4, -0.2) is 42.4 Å². The van der Waals surface area contributed by atoms with Gasteiger partial charge in [-0.1, -0.05) is 31.2 Å². The molecule has 0 bridgehead atoms. The van der Waals surface area contributed by atoms with Crippen LogP contribution in [-0.2, 0) is 16.0 Å². The van der Waals surface area contributed by atoms with Crippen molar-refractivity contribution in [3.8, 4) is 0 Å². The van der Waals surface area contributed by atoms with Crippen LogP contribution in [0.4, 0.5) is 16.2 Å². The summed E-state index contributed by atoms with van der Waals surface area (Å²) in [6.45, 7) is 7.57. The van der Waals surface area contributed by atoms with Gasteiger partial charge in [-0.15, -0.1) is 0 Å². The summed E-state index contributed by atoms with van der Waals surface area (Å²) < 4.78 is 0.901. The van der Waals surface area contributed by atoms with Gasteiger partial charge in [0.1, 0.15) is 12.2 Å². The Balaban J connectivity index is 1.72. The zero-order valence-corrected chi connectivity index (χ0v) is 20.0. The molecule has 1 fully saturated rings. The Bertz CT molecular complexity index is 1060. The highest BCUT2D eigenvalue weighted by molar-refractivity contribution is 9.10. The Labute approximate surface area is 196 Å². The summed E-state index contributed by atoms with van der Waals surface area (Å²) >= 11 is 3.59. The second-order valence-corrected chi connectivity index (χ2v) is 8.18. The van der Waals surface area contributed by atoms with Crippen molar-refractivity contribution in [1.29, 1.82) is 0 Å². The highest BCUT2D eigenvalue weighted by Gasteiger charge is 2.35. The molecule has 8 heteroatoms. The Morgan fingerprint density at radius 1 is 1.12 bits per heavy atom. The fraction of sp³-hybridized carbons (Fsp3) is 0.292. The van der Waals surface area contributed by atoms with E-state index in [2.05, 4.69) is 45.3 Å². The van der Waals surface area contributed by atoms with Crippen molar-refractivity contribution in [1.82, 2.24) is 10.2 Å². The fourth-order valence-electron chi connectivity index (χ4n) is 3.60. The number of amides is 4. The molecule has 1 aliphatic rings. The van der Waals surface area contributed by atoms with E-state index in [1.807, 2.05) is 43.3 Å². The van der Waals surface area contributed by atoms with E-state index < -0.39 is 17.8 Å². The normalized spacial score (nSPS) is 14.6. The topological polar surface area (TPSA) is 81.8 Å². The number of imide groups is 1. The summed E-state index contributed by atoms with van der Waals surface area (Å²) in [6, 6.07) is 12.6. The molecule has 0 aliphatic carbocycles. The number of nitrogens with zero attached hydrogens (tertiary/aromatic N) is 2. The maximum atomic E-state index is 12.8. The van der Waals surface area contributed by atoms with Gasteiger partial charge in [0.15, 0.2) is 0 Å². The van der Waals surface area contributed by atoms with Crippen molar-refractivity contribution < 1.29 is 14.4 Å². The third-order valence-electron chi connectivity index (χ3n) is 5.32. The number of hydrogen-bond donors (Lipinski definition) is 2. The van der Waals surface area contributed by atoms with Crippen LogP contribution in [0.15, 0.2) is 52.6 Å². The molecule has 4 amide bonds. The molecule has 32 heavy (non-hydrogen) atoms. The first kappa shape index (κ1) is 23.5. The van der Waals surface area contributed by atoms with Gasteiger partial charge in [0.2, 0.25) is 5.91 Å². The second kappa shape index (κ2) is 10.5. The first-order valence-electron chi connectivity index (χ1n) is 10.6. The number of urea groups is 1. The van der Waals surface area contributed by atoms with Crippen LogP contribution in [0.3, 0.4) is 0 Å². The summed E-state index contributed by atoms with van der Waals surface area (Å²) in [5.74, 6) is -0.958. The highest BCUT2D eigenvalue weighted by atomic mass is 79.9. The van der Waals surface area contributed by atoms with Gasteiger partial charge in [-0.25, -0.2) is 9.69 Å². The van der Waals surface area contributed by atoms with Gasteiger partial charge in [-0.3, -0.25) is 9.59 Å². The van der Waals surface area contributed by atoms with Crippen molar-refractivity contribution in [2.24, 2.45) is 0 Å². The fourth-order valence-corrected chi connectivity index (χ4v) is 4.25. The molecule has 0 spiro atoms. The summed E-state index contributed by atoms with van der Waals surface area (Å²) in [7, 11) is 0. The number of hydrogen-bond acceptors (Lipinski definition) is 4. The Kier molecular flexibility index (Phi) is 7.69. The van der Waals surface area contributed by atoms with Crippen molar-refractivity contribution in [3.63, 3.8) is 0 Å². The van der Waals surface area contributed by atoms with Crippen LogP contribution in [0.5, 0.6) is 0 Å². The third kappa shape index (κ3) is 5.19. The molecule has 1 aliphatic heterocycles. The van der Waals surface area contributed by atoms with Gasteiger partial charge in [0.05, 0.1) is 5.69 Å². The van der Waals surface area contributed by atoms with Crippen LogP contribution >= 0.6 is 15.9 Å². The minimum Gasteiger partial charge on any atom is -0.371 e. The van der Waals surface area contributed by atoms with Crippen LogP contribution in [0.25, 0.3) is 6.08 Å². The SMILES string of the molecule is CCc1ccccc1NC(=O)CN1C(=O)N/C(=C/c2ccc(N(CC)CC)c(Br)c2)C1=O. The van der Waals surface area contributed by atoms with Gasteiger partial charge in [0, 0.05) is 23.2 Å². The molecule has 3 rings (SSSR count). The maximum absolute atomic E-state index is 12.8. The molecule has 1 saturated heterocycles. The van der Waals surface area contributed by atoms with E-state index >= 15 is 0 Å². The molecule has 0 saturated carbocycles. The highest BCUT2D eigenvalue weighted by Crippen LogP contribution is 2.28. The van der Waals surface area contributed by atoms with E-state index in [1.165, 1.54) is 0 Å². The Morgan fingerprint density at radius 3 is 2.50 bits per heavy atom. The number of aryl methyl sites for hydroxylation is 1. The van der Waals surface area contributed by atoms with Crippen LogP contribution in [0.1, 0.15) is 31.9 Å². The van der Waals surface area contributed by atoms with Gasteiger partial charge in [0.25, 0.3) is 5.91 Å². The van der Waals surface area contributed by atoms with Crippen molar-refractivity contribution >= 4 is 51.2 Å². The summed E-state index contributed by atoms with van der Waals surface area (Å²) in [5.41, 5.74) is 3.63. The van der Waals surface area contributed by atoms with E-state index in [0.717, 1.165) is 45.7 Å². The maximum Gasteiger partial charge on any atom is 0.329 e. The first-order valence-corrected chi connectivity index (χ1v) is 11.4. The minimum absolute atomic E-state index is 0.138. The van der Waals surface area contributed by atoms with Gasteiger partial charge in [-0.2, -0.15) is 0 Å². The average molecular weight is 499 g/mol. The summed E-state index contributed by atoms with van der Waals surface area (Å²) in [5, 5.41) is 5.35. The zero-order chi connectivity index (χ0) is 23.3. The number of benzene rings is 2. The number of halogens is 1. The average Bonchev–Trinajstić information content (AvgIpc) is 3.03. The van der Waals surface area contributed by atoms with E-state index in [1.54, 1.807) is 12.1 Å². The lowest BCUT2D eigenvalue weighted by molar-refractivity contribution is -0.127. The molecule has 0 unspecified atom stereocenters. The molecule has 7 nitrogen and oxygen atoms in total. The molecule has 0 atom stereocenters. The zero-order valence-electron chi connectivity index (χ0n) is 18.4. The minimum atomic E-state index is -0.612. The smallest absolute Gasteiger partial charge is 0.329 e. The van der Waals surface area contributed by atoms with E-state index in [-0.39, 0.29) is 12.2 Å². The first-order chi connectivity index (χ1) is 15.4. The molecular weight excluding hydrogens is 472 g/mol. The van der Waals surface area contributed by atoms with Gasteiger partial charge >= 0.3 is 6.03 Å². The molecule has 2 aromatic carbocycles. The van der Waals surface area contributed by atoms with Crippen LogP contribution < -0.4 is 15.5 Å². The van der Waals surface area contributed by atoms with E-state index in [4.69, 9.17) is 0 Å². The van der Waals surface area contributed by atoms with E-state index in [9.17, 15) is 14.4 Å². The van der Waals surface area contributed by atoms with Crippen molar-refractivity contribution in [2.75, 3.05) is 29.9 Å². The number of anilines is 2. The largest absolute Gasteiger partial charge is 0.371 e.